The van der Waals surface area contributed by atoms with Crippen molar-refractivity contribution in [1.82, 2.24) is 15.1 Å². The zero-order chi connectivity index (χ0) is 13.0. The van der Waals surface area contributed by atoms with Gasteiger partial charge in [0.25, 0.3) is 0 Å². The van der Waals surface area contributed by atoms with Gasteiger partial charge in [-0.15, -0.1) is 0 Å². The minimum Gasteiger partial charge on any atom is -0.480 e. The van der Waals surface area contributed by atoms with Crippen LogP contribution in [0.25, 0.3) is 11.4 Å². The van der Waals surface area contributed by atoms with E-state index in [-0.39, 0.29) is 6.54 Å². The van der Waals surface area contributed by atoms with Gasteiger partial charge < -0.3 is 10.8 Å². The second-order valence-electron chi connectivity index (χ2n) is 3.65. The largest absolute Gasteiger partial charge is 0.480 e. The Labute approximate surface area is 103 Å². The molecule has 0 saturated heterocycles. The van der Waals surface area contributed by atoms with E-state index in [0.29, 0.717) is 5.82 Å². The van der Waals surface area contributed by atoms with Gasteiger partial charge in [0.2, 0.25) is 0 Å². The quantitative estimate of drug-likeness (QED) is 0.687. The molecule has 0 radical (unpaired) electrons. The zero-order valence-electron chi connectivity index (χ0n) is 9.47. The molecule has 0 aliphatic carbocycles. The molecule has 0 bridgehead atoms. The van der Waals surface area contributed by atoms with Crippen molar-refractivity contribution in [2.24, 2.45) is 5.73 Å². The molecule has 2 heterocycles. The molecular weight excluding hydrogens is 234 g/mol. The first-order valence-electron chi connectivity index (χ1n) is 5.28. The number of carboxylic acid groups (broad SMARTS) is 1. The van der Waals surface area contributed by atoms with Gasteiger partial charge in [0.1, 0.15) is 6.20 Å². The van der Waals surface area contributed by atoms with Gasteiger partial charge in [0.15, 0.2) is 24.6 Å². The maximum atomic E-state index is 10.6. The van der Waals surface area contributed by atoms with Crippen LogP contribution < -0.4 is 10.4 Å². The first-order chi connectivity index (χ1) is 8.66. The van der Waals surface area contributed by atoms with E-state index >= 15 is 0 Å². The number of carbonyl (C=O) groups is 1. The summed E-state index contributed by atoms with van der Waals surface area (Å²) < 4.78 is 1.46. The Morgan fingerprint density at radius 1 is 1.44 bits per heavy atom. The van der Waals surface area contributed by atoms with Crippen molar-refractivity contribution >= 4 is 5.97 Å². The van der Waals surface area contributed by atoms with Gasteiger partial charge in [-0.05, 0) is 11.2 Å². The highest BCUT2D eigenvalue weighted by Gasteiger charge is 2.18. The fourth-order valence-corrected chi connectivity index (χ4v) is 1.35. The SMILES string of the molecule is NC(C[n+]1ccc(-c2ncccn2)cn1)C(=O)O. The van der Waals surface area contributed by atoms with Crippen LogP contribution in [0.3, 0.4) is 0 Å². The van der Waals surface area contributed by atoms with Crippen molar-refractivity contribution in [2.45, 2.75) is 12.6 Å². The van der Waals surface area contributed by atoms with E-state index in [1.54, 1.807) is 36.9 Å². The normalized spacial score (nSPS) is 12.1. The smallest absolute Gasteiger partial charge is 0.327 e. The fraction of sp³-hybridized carbons (Fsp3) is 0.182. The summed E-state index contributed by atoms with van der Waals surface area (Å²) in [4.78, 5) is 18.8. The van der Waals surface area contributed by atoms with E-state index < -0.39 is 12.0 Å². The molecule has 3 N–H and O–H groups in total. The highest BCUT2D eigenvalue weighted by atomic mass is 16.4. The Morgan fingerprint density at radius 3 is 2.72 bits per heavy atom. The zero-order valence-corrected chi connectivity index (χ0v) is 9.47. The minimum atomic E-state index is -1.06. The Balaban J connectivity index is 2.13. The number of carboxylic acids is 1. The average Bonchev–Trinajstić information content (AvgIpc) is 2.40. The summed E-state index contributed by atoms with van der Waals surface area (Å²) in [5.41, 5.74) is 6.17. The molecule has 0 amide bonds. The molecule has 2 aromatic rings. The van der Waals surface area contributed by atoms with Gasteiger partial charge in [-0.3, -0.25) is 4.79 Å². The summed E-state index contributed by atoms with van der Waals surface area (Å²) in [5.74, 6) is -0.487. The van der Waals surface area contributed by atoms with E-state index in [4.69, 9.17) is 10.8 Å². The second-order valence-corrected chi connectivity index (χ2v) is 3.65. The molecule has 7 nitrogen and oxygen atoms in total. The molecule has 0 aromatic carbocycles. The van der Waals surface area contributed by atoms with Crippen LogP contribution in [-0.2, 0) is 11.3 Å². The topological polar surface area (TPSA) is 106 Å². The van der Waals surface area contributed by atoms with Crippen LogP contribution in [0.2, 0.25) is 0 Å². The lowest BCUT2D eigenvalue weighted by Crippen LogP contribution is -2.49. The number of nitrogens with two attached hydrogens (primary N) is 1. The van der Waals surface area contributed by atoms with Gasteiger partial charge in [-0.2, -0.15) is 0 Å². The van der Waals surface area contributed by atoms with Crippen LogP contribution in [-0.4, -0.2) is 32.2 Å². The fourth-order valence-electron chi connectivity index (χ4n) is 1.35. The maximum absolute atomic E-state index is 10.6. The van der Waals surface area contributed by atoms with Crippen molar-refractivity contribution in [3.8, 4) is 11.4 Å². The third kappa shape index (κ3) is 2.83. The second kappa shape index (κ2) is 5.28. The van der Waals surface area contributed by atoms with E-state index in [0.717, 1.165) is 5.56 Å². The first kappa shape index (κ1) is 12.1. The molecule has 2 aromatic heterocycles. The lowest BCUT2D eigenvalue weighted by atomic mass is 10.3. The Kier molecular flexibility index (Phi) is 3.54. The van der Waals surface area contributed by atoms with Gasteiger partial charge in [-0.1, -0.05) is 4.68 Å². The Morgan fingerprint density at radius 2 is 2.17 bits per heavy atom. The van der Waals surface area contributed by atoms with Crippen LogP contribution in [0.15, 0.2) is 36.9 Å². The molecule has 0 aliphatic heterocycles. The van der Waals surface area contributed by atoms with Crippen molar-refractivity contribution in [2.75, 3.05) is 0 Å². The maximum Gasteiger partial charge on any atom is 0.327 e. The number of aliphatic carboxylic acids is 1. The molecule has 18 heavy (non-hydrogen) atoms. The van der Waals surface area contributed by atoms with Gasteiger partial charge in [-0.25, -0.2) is 9.97 Å². The molecule has 0 fully saturated rings. The third-order valence-corrected chi connectivity index (χ3v) is 2.30. The molecular formula is C11H12N5O2+. The van der Waals surface area contributed by atoms with Crippen LogP contribution >= 0.6 is 0 Å². The predicted octanol–water partition coefficient (Wildman–Crippen LogP) is -0.762. The molecule has 2 rings (SSSR count). The summed E-state index contributed by atoms with van der Waals surface area (Å²) in [6.45, 7) is 0.116. The van der Waals surface area contributed by atoms with Crippen molar-refractivity contribution in [3.63, 3.8) is 0 Å². The van der Waals surface area contributed by atoms with Crippen LogP contribution in [0.4, 0.5) is 0 Å². The summed E-state index contributed by atoms with van der Waals surface area (Å²) in [6.07, 6.45) is 6.51. The number of hydrogen-bond donors (Lipinski definition) is 2. The lowest BCUT2D eigenvalue weighted by Gasteiger charge is -2.01. The van der Waals surface area contributed by atoms with Crippen LogP contribution in [0.5, 0.6) is 0 Å². The summed E-state index contributed by atoms with van der Waals surface area (Å²) in [7, 11) is 0. The molecule has 92 valence electrons. The van der Waals surface area contributed by atoms with Crippen molar-refractivity contribution in [1.29, 1.82) is 0 Å². The first-order valence-corrected chi connectivity index (χ1v) is 5.28. The summed E-state index contributed by atoms with van der Waals surface area (Å²) >= 11 is 0. The molecule has 7 heteroatoms. The van der Waals surface area contributed by atoms with Crippen LogP contribution in [0, 0.1) is 0 Å². The van der Waals surface area contributed by atoms with Gasteiger partial charge >= 0.3 is 5.97 Å². The van der Waals surface area contributed by atoms with Gasteiger partial charge in [0, 0.05) is 24.0 Å². The standard InChI is InChI=1S/C11H11N5O2/c12-9(11(17)18)7-16-5-2-8(6-15-16)10-13-3-1-4-14-10/h1-6,9H,7,12H2/p+1. The highest BCUT2D eigenvalue weighted by Crippen LogP contribution is 2.08. The molecule has 1 atom stereocenters. The average molecular weight is 246 g/mol. The number of aromatic nitrogens is 4. The van der Waals surface area contributed by atoms with E-state index in [1.165, 1.54) is 4.68 Å². The van der Waals surface area contributed by atoms with Crippen molar-refractivity contribution < 1.29 is 14.6 Å². The minimum absolute atomic E-state index is 0.116. The Bertz CT molecular complexity index is 529. The predicted molar refractivity (Wildman–Crippen MR) is 61.1 cm³/mol. The third-order valence-electron chi connectivity index (χ3n) is 2.30. The van der Waals surface area contributed by atoms with E-state index in [9.17, 15) is 4.79 Å². The summed E-state index contributed by atoms with van der Waals surface area (Å²) in [6, 6.07) is 2.52. The van der Waals surface area contributed by atoms with Crippen LogP contribution in [0.1, 0.15) is 0 Å². The highest BCUT2D eigenvalue weighted by molar-refractivity contribution is 5.72. The Hall–Kier alpha value is -2.41. The van der Waals surface area contributed by atoms with Gasteiger partial charge in [0.05, 0.1) is 0 Å². The van der Waals surface area contributed by atoms with Crippen molar-refractivity contribution in [3.05, 3.63) is 36.9 Å². The van der Waals surface area contributed by atoms with E-state index in [2.05, 4.69) is 15.1 Å². The number of rotatable bonds is 4. The summed E-state index contributed by atoms with van der Waals surface area (Å²) in [5, 5.41) is 12.8. The molecule has 0 aliphatic rings. The number of hydrogen-bond acceptors (Lipinski definition) is 5. The monoisotopic (exact) mass is 246 g/mol. The van der Waals surface area contributed by atoms with E-state index in [1.807, 2.05) is 0 Å². The lowest BCUT2D eigenvalue weighted by molar-refractivity contribution is -0.754. The molecule has 0 saturated carbocycles. The number of nitrogens with zero attached hydrogens (tertiary/aromatic N) is 4. The molecule has 0 spiro atoms. The molecule has 1 unspecified atom stereocenters.